The van der Waals surface area contributed by atoms with Crippen molar-refractivity contribution >= 4 is 23.7 Å². The number of carbonyl (C=O) groups excluding carboxylic acids is 2. The van der Waals surface area contributed by atoms with E-state index < -0.39 is 29.3 Å². The van der Waals surface area contributed by atoms with Gasteiger partial charge in [-0.25, -0.2) is 4.79 Å². The van der Waals surface area contributed by atoms with Crippen LogP contribution in [0, 0.1) is 0 Å². The molecule has 1 aromatic rings. The molecular formula is C22H35ClN2O5. The second-order valence-electron chi connectivity index (χ2n) is 9.08. The van der Waals surface area contributed by atoms with Crippen molar-refractivity contribution in [3.05, 3.63) is 34.9 Å². The van der Waals surface area contributed by atoms with Crippen LogP contribution in [0.5, 0.6) is 0 Å². The number of halogens is 1. The number of nitrogens with one attached hydrogen (secondary N) is 2. The lowest BCUT2D eigenvalue weighted by Crippen LogP contribution is -2.51. The van der Waals surface area contributed by atoms with Gasteiger partial charge < -0.3 is 24.8 Å². The molecule has 2 atom stereocenters. The molecule has 7 nitrogen and oxygen atoms in total. The van der Waals surface area contributed by atoms with Crippen LogP contribution < -0.4 is 10.6 Å². The Morgan fingerprint density at radius 2 is 1.63 bits per heavy atom. The Morgan fingerprint density at radius 1 is 1.03 bits per heavy atom. The van der Waals surface area contributed by atoms with Crippen molar-refractivity contribution < 1.29 is 23.8 Å². The molecule has 0 saturated carbocycles. The summed E-state index contributed by atoms with van der Waals surface area (Å²) in [4.78, 5) is 24.5. The van der Waals surface area contributed by atoms with Crippen molar-refractivity contribution in [3.8, 4) is 0 Å². The molecule has 0 saturated heterocycles. The molecule has 30 heavy (non-hydrogen) atoms. The zero-order valence-electron chi connectivity index (χ0n) is 19.0. The van der Waals surface area contributed by atoms with Gasteiger partial charge >= 0.3 is 12.1 Å². The molecule has 1 aromatic carbocycles. The minimum atomic E-state index is -0.664. The summed E-state index contributed by atoms with van der Waals surface area (Å²) in [5, 5.41) is 6.66. The summed E-state index contributed by atoms with van der Waals surface area (Å²) < 4.78 is 16.0. The van der Waals surface area contributed by atoms with Crippen LogP contribution in [0.2, 0.25) is 5.02 Å². The zero-order chi connectivity index (χ0) is 22.9. The van der Waals surface area contributed by atoms with Crippen LogP contribution in [0.25, 0.3) is 0 Å². The Morgan fingerprint density at radius 3 is 2.13 bits per heavy atom. The Labute approximate surface area is 184 Å². The van der Waals surface area contributed by atoms with E-state index in [1.165, 1.54) is 7.11 Å². The first-order valence-corrected chi connectivity index (χ1v) is 10.4. The first-order valence-electron chi connectivity index (χ1n) is 9.98. The van der Waals surface area contributed by atoms with Crippen molar-refractivity contribution in [3.63, 3.8) is 0 Å². The van der Waals surface area contributed by atoms with Gasteiger partial charge in [0, 0.05) is 17.6 Å². The molecule has 1 rings (SSSR count). The fourth-order valence-corrected chi connectivity index (χ4v) is 2.65. The normalized spacial score (nSPS) is 14.0. The summed E-state index contributed by atoms with van der Waals surface area (Å²) in [7, 11) is 1.33. The number of alkyl carbamates (subject to hydrolysis) is 1. The molecule has 0 heterocycles. The summed E-state index contributed by atoms with van der Waals surface area (Å²) >= 11 is 5.96. The summed E-state index contributed by atoms with van der Waals surface area (Å²) in [6.07, 6.45) is 0.000993. The van der Waals surface area contributed by atoms with Gasteiger partial charge in [-0.3, -0.25) is 4.79 Å². The molecule has 170 valence electrons. The predicted molar refractivity (Wildman–Crippen MR) is 118 cm³/mol. The molecule has 0 unspecified atom stereocenters. The van der Waals surface area contributed by atoms with E-state index in [1.807, 2.05) is 32.9 Å². The maximum absolute atomic E-state index is 12.3. The minimum absolute atomic E-state index is 0.149. The summed E-state index contributed by atoms with van der Waals surface area (Å²) in [5.74, 6) is -0.429. The molecule has 0 bridgehead atoms. The van der Waals surface area contributed by atoms with Gasteiger partial charge in [0.2, 0.25) is 0 Å². The number of benzene rings is 1. The first-order chi connectivity index (χ1) is 13.8. The van der Waals surface area contributed by atoms with Crippen molar-refractivity contribution in [2.45, 2.75) is 71.2 Å². The highest BCUT2D eigenvalue weighted by atomic mass is 35.5. The smallest absolute Gasteiger partial charge is 0.407 e. The van der Waals surface area contributed by atoms with Crippen molar-refractivity contribution in [1.82, 2.24) is 10.6 Å². The molecule has 0 aromatic heterocycles. The fourth-order valence-electron chi connectivity index (χ4n) is 2.52. The molecule has 0 fully saturated rings. The molecule has 0 aliphatic carbocycles. The number of esters is 1. The van der Waals surface area contributed by atoms with Crippen LogP contribution in [0.3, 0.4) is 0 Å². The Hall–Kier alpha value is -1.83. The lowest BCUT2D eigenvalue weighted by molar-refractivity contribution is -0.146. The van der Waals surface area contributed by atoms with E-state index in [9.17, 15) is 9.59 Å². The molecule has 8 heteroatoms. The largest absolute Gasteiger partial charge is 0.468 e. The Balaban J connectivity index is 2.86. The van der Waals surface area contributed by atoms with Crippen LogP contribution >= 0.6 is 11.6 Å². The van der Waals surface area contributed by atoms with Gasteiger partial charge in [0.05, 0.1) is 19.3 Å². The third-order valence-corrected chi connectivity index (χ3v) is 4.15. The number of carbonyl (C=O) groups is 2. The molecule has 0 radical (unpaired) electrons. The molecule has 0 spiro atoms. The highest BCUT2D eigenvalue weighted by molar-refractivity contribution is 6.30. The number of ether oxygens (including phenoxy) is 3. The maximum atomic E-state index is 12.3. The van der Waals surface area contributed by atoms with Crippen molar-refractivity contribution in [2.24, 2.45) is 0 Å². The zero-order valence-corrected chi connectivity index (χ0v) is 19.8. The van der Waals surface area contributed by atoms with Crippen LogP contribution in [0.4, 0.5) is 4.79 Å². The third-order valence-electron chi connectivity index (χ3n) is 3.90. The lowest BCUT2D eigenvalue weighted by atomic mass is 10.1. The van der Waals surface area contributed by atoms with Crippen LogP contribution in [0.15, 0.2) is 24.3 Å². The average molecular weight is 443 g/mol. The topological polar surface area (TPSA) is 85.9 Å². The number of methoxy groups -OCH3 is 1. The molecule has 0 aliphatic rings. The second-order valence-corrected chi connectivity index (χ2v) is 9.52. The predicted octanol–water partition coefficient (Wildman–Crippen LogP) is 3.72. The number of hydrogen-bond acceptors (Lipinski definition) is 6. The van der Waals surface area contributed by atoms with Gasteiger partial charge in [0.1, 0.15) is 11.6 Å². The van der Waals surface area contributed by atoms with Crippen molar-refractivity contribution in [2.75, 3.05) is 20.3 Å². The number of amides is 1. The SMILES string of the molecule is COC(=O)[C@H](COC(C)(C)C)NC[C@H](Cc1ccc(Cl)cc1)NC(=O)OC(C)(C)C. The summed E-state index contributed by atoms with van der Waals surface area (Å²) in [5.41, 5.74) is -0.0223. The van der Waals surface area contributed by atoms with Gasteiger partial charge in [-0.15, -0.1) is 0 Å². The molecule has 0 aliphatic heterocycles. The Bertz CT molecular complexity index is 680. The van der Waals surface area contributed by atoms with Gasteiger partial charge in [0.25, 0.3) is 0 Å². The summed E-state index contributed by atoms with van der Waals surface area (Å²) in [6, 6.07) is 6.39. The van der Waals surface area contributed by atoms with Gasteiger partial charge in [-0.1, -0.05) is 23.7 Å². The highest BCUT2D eigenvalue weighted by Crippen LogP contribution is 2.13. The third kappa shape index (κ3) is 11.4. The number of rotatable bonds is 9. The van der Waals surface area contributed by atoms with E-state index in [1.54, 1.807) is 32.9 Å². The Kier molecular flexibility index (Phi) is 10.1. The van der Waals surface area contributed by atoms with E-state index in [0.29, 0.717) is 18.0 Å². The van der Waals surface area contributed by atoms with E-state index in [4.69, 9.17) is 25.8 Å². The van der Waals surface area contributed by atoms with E-state index in [0.717, 1.165) is 5.56 Å². The van der Waals surface area contributed by atoms with E-state index in [-0.39, 0.29) is 12.6 Å². The number of hydrogen-bond donors (Lipinski definition) is 2. The first kappa shape index (κ1) is 26.2. The maximum Gasteiger partial charge on any atom is 0.407 e. The molecule has 2 N–H and O–H groups in total. The van der Waals surface area contributed by atoms with E-state index >= 15 is 0 Å². The van der Waals surface area contributed by atoms with Crippen LogP contribution in [0.1, 0.15) is 47.1 Å². The standard InChI is InChI=1S/C22H35ClN2O5/c1-21(2,3)29-14-18(19(26)28-7)24-13-17(25-20(27)30-22(4,5)6)12-15-8-10-16(23)11-9-15/h8-11,17-18,24H,12-14H2,1-7H3,(H,25,27)/t17-,18-/m0/s1. The van der Waals surface area contributed by atoms with Gasteiger partial charge in [-0.05, 0) is 65.7 Å². The molecule has 1 amide bonds. The summed E-state index contributed by atoms with van der Waals surface area (Å²) in [6.45, 7) is 11.6. The molecular weight excluding hydrogens is 408 g/mol. The van der Waals surface area contributed by atoms with E-state index in [2.05, 4.69) is 10.6 Å². The van der Waals surface area contributed by atoms with Crippen LogP contribution in [-0.4, -0.2) is 55.6 Å². The van der Waals surface area contributed by atoms with Gasteiger partial charge in [0.15, 0.2) is 0 Å². The quantitative estimate of drug-likeness (QED) is 0.567. The fraction of sp³-hybridized carbons (Fsp3) is 0.636. The van der Waals surface area contributed by atoms with Gasteiger partial charge in [-0.2, -0.15) is 0 Å². The van der Waals surface area contributed by atoms with Crippen molar-refractivity contribution in [1.29, 1.82) is 0 Å². The average Bonchev–Trinajstić information content (AvgIpc) is 2.60. The minimum Gasteiger partial charge on any atom is -0.468 e. The highest BCUT2D eigenvalue weighted by Gasteiger charge is 2.25. The lowest BCUT2D eigenvalue weighted by Gasteiger charge is -2.27. The second kappa shape index (κ2) is 11.5. The monoisotopic (exact) mass is 442 g/mol. The van der Waals surface area contributed by atoms with Crippen LogP contribution in [-0.2, 0) is 25.4 Å².